The Balaban J connectivity index is 2.29. The molecular weight excluding hydrogens is 336 g/mol. The van der Waals surface area contributed by atoms with Crippen LogP contribution in [0.1, 0.15) is 29.7 Å². The molecule has 0 radical (unpaired) electrons. The predicted molar refractivity (Wildman–Crippen MR) is 88.2 cm³/mol. The number of nitrogens with one attached hydrogen (secondary N) is 1. The monoisotopic (exact) mass is 352 g/mol. The summed E-state index contributed by atoms with van der Waals surface area (Å²) in [5.41, 5.74) is 3.63. The number of pyridine rings is 1. The second-order valence-electron chi connectivity index (χ2n) is 4.84. The van der Waals surface area contributed by atoms with Crippen molar-refractivity contribution in [3.8, 4) is 0 Å². The van der Waals surface area contributed by atoms with Gasteiger partial charge in [0.05, 0.1) is 5.02 Å². The van der Waals surface area contributed by atoms with Gasteiger partial charge in [-0.3, -0.25) is 4.98 Å². The molecule has 1 aromatic heterocycles. The van der Waals surface area contributed by atoms with Crippen molar-refractivity contribution < 1.29 is 0 Å². The molecule has 0 aliphatic carbocycles. The molecule has 0 saturated heterocycles. The summed E-state index contributed by atoms with van der Waals surface area (Å²) in [7, 11) is 0. The second kappa shape index (κ2) is 7.21. The molecular formula is C16H18BrClN2. The Labute approximate surface area is 133 Å². The van der Waals surface area contributed by atoms with Gasteiger partial charge in [0.1, 0.15) is 0 Å². The van der Waals surface area contributed by atoms with Gasteiger partial charge in [-0.25, -0.2) is 0 Å². The van der Waals surface area contributed by atoms with Crippen LogP contribution in [0.5, 0.6) is 0 Å². The third kappa shape index (κ3) is 4.05. The van der Waals surface area contributed by atoms with E-state index in [0.29, 0.717) is 0 Å². The summed E-state index contributed by atoms with van der Waals surface area (Å²) in [4.78, 5) is 4.04. The smallest absolute Gasteiger partial charge is 0.0622 e. The van der Waals surface area contributed by atoms with Crippen molar-refractivity contribution >= 4 is 27.5 Å². The van der Waals surface area contributed by atoms with Crippen molar-refractivity contribution in [1.29, 1.82) is 0 Å². The summed E-state index contributed by atoms with van der Waals surface area (Å²) in [5, 5.41) is 4.25. The van der Waals surface area contributed by atoms with Crippen LogP contribution in [-0.4, -0.2) is 11.5 Å². The number of aromatic nitrogens is 1. The molecule has 0 saturated carbocycles. The van der Waals surface area contributed by atoms with Gasteiger partial charge in [-0.1, -0.05) is 40.5 Å². The second-order valence-corrected chi connectivity index (χ2v) is 6.17. The van der Waals surface area contributed by atoms with Crippen molar-refractivity contribution in [2.75, 3.05) is 6.54 Å². The van der Waals surface area contributed by atoms with Crippen molar-refractivity contribution in [2.45, 2.75) is 26.3 Å². The lowest BCUT2D eigenvalue weighted by Crippen LogP contribution is -2.23. The number of hydrogen-bond acceptors (Lipinski definition) is 2. The Hall–Kier alpha value is -0.900. The summed E-state index contributed by atoms with van der Waals surface area (Å²) in [6.45, 7) is 5.14. The molecule has 2 nitrogen and oxygen atoms in total. The lowest BCUT2D eigenvalue weighted by Gasteiger charge is -2.20. The molecule has 1 unspecified atom stereocenters. The van der Waals surface area contributed by atoms with Crippen LogP contribution < -0.4 is 5.32 Å². The third-order valence-corrected chi connectivity index (χ3v) is 4.00. The molecule has 0 fully saturated rings. The quantitative estimate of drug-likeness (QED) is 0.843. The minimum atomic E-state index is 0.246. The van der Waals surface area contributed by atoms with E-state index in [-0.39, 0.29) is 6.04 Å². The van der Waals surface area contributed by atoms with E-state index in [0.717, 1.165) is 28.0 Å². The molecule has 2 rings (SSSR count). The first kappa shape index (κ1) is 15.5. The van der Waals surface area contributed by atoms with Crippen LogP contribution in [0, 0.1) is 6.92 Å². The van der Waals surface area contributed by atoms with E-state index in [1.165, 1.54) is 11.1 Å². The van der Waals surface area contributed by atoms with E-state index in [9.17, 15) is 0 Å². The lowest BCUT2D eigenvalue weighted by atomic mass is 9.98. The van der Waals surface area contributed by atoms with Gasteiger partial charge in [0, 0.05) is 22.9 Å². The molecule has 0 aliphatic rings. The van der Waals surface area contributed by atoms with Crippen LogP contribution in [0.15, 0.2) is 41.1 Å². The number of nitrogens with zero attached hydrogens (tertiary/aromatic N) is 1. The first-order valence-corrected chi connectivity index (χ1v) is 7.86. The topological polar surface area (TPSA) is 24.9 Å². The number of hydrogen-bond donors (Lipinski definition) is 1. The standard InChI is InChI=1S/C16H18BrClN2/c1-3-20-16(9-12-4-5-19-10-15(12)18)13-6-11(2)7-14(17)8-13/h4-8,10,16,20H,3,9H2,1-2H3. The number of benzene rings is 1. The van der Waals surface area contributed by atoms with Crippen LogP contribution >= 0.6 is 27.5 Å². The molecule has 0 bridgehead atoms. The highest BCUT2D eigenvalue weighted by Gasteiger charge is 2.14. The SMILES string of the molecule is CCNC(Cc1ccncc1Cl)c1cc(C)cc(Br)c1. The highest BCUT2D eigenvalue weighted by molar-refractivity contribution is 9.10. The predicted octanol–water partition coefficient (Wildman–Crippen LogP) is 4.70. The van der Waals surface area contributed by atoms with E-state index < -0.39 is 0 Å². The van der Waals surface area contributed by atoms with Gasteiger partial charge in [0.25, 0.3) is 0 Å². The number of likely N-dealkylation sites (N-methyl/N-ethyl adjacent to an activating group) is 1. The largest absolute Gasteiger partial charge is 0.310 e. The Morgan fingerprint density at radius 2 is 2.15 bits per heavy atom. The number of rotatable bonds is 5. The van der Waals surface area contributed by atoms with Crippen molar-refractivity contribution in [2.24, 2.45) is 0 Å². The van der Waals surface area contributed by atoms with Gasteiger partial charge in [-0.15, -0.1) is 0 Å². The first-order chi connectivity index (χ1) is 9.60. The van der Waals surface area contributed by atoms with Crippen LogP contribution in [0.4, 0.5) is 0 Å². The van der Waals surface area contributed by atoms with E-state index in [1.807, 2.05) is 6.07 Å². The summed E-state index contributed by atoms with van der Waals surface area (Å²) < 4.78 is 1.11. The zero-order valence-corrected chi connectivity index (χ0v) is 14.0. The van der Waals surface area contributed by atoms with Gasteiger partial charge in [-0.05, 0) is 54.8 Å². The fourth-order valence-electron chi connectivity index (χ4n) is 2.31. The fraction of sp³-hybridized carbons (Fsp3) is 0.312. The van der Waals surface area contributed by atoms with Crippen molar-refractivity contribution in [3.63, 3.8) is 0 Å². The van der Waals surface area contributed by atoms with Crippen LogP contribution in [0.25, 0.3) is 0 Å². The van der Waals surface area contributed by atoms with E-state index in [4.69, 9.17) is 11.6 Å². The van der Waals surface area contributed by atoms with Gasteiger partial charge in [0.2, 0.25) is 0 Å². The molecule has 1 aromatic carbocycles. The highest BCUT2D eigenvalue weighted by Crippen LogP contribution is 2.26. The lowest BCUT2D eigenvalue weighted by molar-refractivity contribution is 0.549. The Kier molecular flexibility index (Phi) is 5.58. The molecule has 0 spiro atoms. The summed E-state index contributed by atoms with van der Waals surface area (Å²) in [6.07, 6.45) is 4.34. The highest BCUT2D eigenvalue weighted by atomic mass is 79.9. The molecule has 106 valence electrons. The van der Waals surface area contributed by atoms with Crippen LogP contribution in [-0.2, 0) is 6.42 Å². The normalized spacial score (nSPS) is 12.4. The van der Waals surface area contributed by atoms with E-state index >= 15 is 0 Å². The minimum Gasteiger partial charge on any atom is -0.310 e. The van der Waals surface area contributed by atoms with Gasteiger partial charge in [0.15, 0.2) is 0 Å². The minimum absolute atomic E-state index is 0.246. The van der Waals surface area contributed by atoms with E-state index in [1.54, 1.807) is 12.4 Å². The van der Waals surface area contributed by atoms with Crippen molar-refractivity contribution in [3.05, 3.63) is 62.8 Å². The fourth-order valence-corrected chi connectivity index (χ4v) is 3.13. The summed E-state index contributed by atoms with van der Waals surface area (Å²) in [5.74, 6) is 0. The van der Waals surface area contributed by atoms with Crippen LogP contribution in [0.3, 0.4) is 0 Å². The Morgan fingerprint density at radius 1 is 1.35 bits per heavy atom. The molecule has 4 heteroatoms. The van der Waals surface area contributed by atoms with Gasteiger partial charge < -0.3 is 5.32 Å². The van der Waals surface area contributed by atoms with Gasteiger partial charge in [-0.2, -0.15) is 0 Å². The van der Waals surface area contributed by atoms with Crippen molar-refractivity contribution in [1.82, 2.24) is 10.3 Å². The summed E-state index contributed by atoms with van der Waals surface area (Å²) >= 11 is 9.79. The maximum absolute atomic E-state index is 6.22. The zero-order chi connectivity index (χ0) is 14.5. The average Bonchev–Trinajstić information content (AvgIpc) is 2.39. The molecule has 0 aliphatic heterocycles. The summed E-state index contributed by atoms with van der Waals surface area (Å²) in [6, 6.07) is 8.72. The maximum Gasteiger partial charge on any atom is 0.0622 e. The van der Waals surface area contributed by atoms with Gasteiger partial charge >= 0.3 is 0 Å². The number of halogens is 2. The Morgan fingerprint density at radius 3 is 2.80 bits per heavy atom. The molecule has 1 atom stereocenters. The first-order valence-electron chi connectivity index (χ1n) is 6.69. The molecule has 0 amide bonds. The zero-order valence-electron chi connectivity index (χ0n) is 11.7. The molecule has 20 heavy (non-hydrogen) atoms. The average molecular weight is 354 g/mol. The van der Waals surface area contributed by atoms with Crippen LogP contribution in [0.2, 0.25) is 5.02 Å². The van der Waals surface area contributed by atoms with E-state index in [2.05, 4.69) is 58.3 Å². The molecule has 1 heterocycles. The third-order valence-electron chi connectivity index (χ3n) is 3.20. The molecule has 2 aromatic rings. The maximum atomic E-state index is 6.22. The number of aryl methyl sites for hydroxylation is 1. The molecule has 1 N–H and O–H groups in total. The Bertz CT molecular complexity index is 566.